The zero-order valence-electron chi connectivity index (χ0n) is 6.53. The maximum absolute atomic E-state index is 8.19. The van der Waals surface area contributed by atoms with E-state index >= 15 is 0 Å². The molecule has 4 nitrogen and oxygen atoms in total. The van der Waals surface area contributed by atoms with Crippen molar-refractivity contribution in [2.75, 3.05) is 6.54 Å². The minimum absolute atomic E-state index is 0.586. The van der Waals surface area contributed by atoms with Crippen LogP contribution < -0.4 is 0 Å². The van der Waals surface area contributed by atoms with Crippen LogP contribution in [0.4, 0.5) is 0 Å². The molecule has 0 aromatic heterocycles. The quantitative estimate of drug-likeness (QED) is 0.249. The first-order chi connectivity index (χ1) is 5.41. The van der Waals surface area contributed by atoms with E-state index in [0.29, 0.717) is 13.0 Å². The van der Waals surface area contributed by atoms with Crippen LogP contribution in [0.2, 0.25) is 0 Å². The van der Waals surface area contributed by atoms with Gasteiger partial charge in [-0.1, -0.05) is 18.0 Å². The van der Waals surface area contributed by atoms with Crippen LogP contribution in [-0.4, -0.2) is 6.54 Å². The van der Waals surface area contributed by atoms with Crippen LogP contribution in [0, 0.1) is 11.3 Å². The molecule has 60 valence electrons. The molecule has 0 aliphatic rings. The van der Waals surface area contributed by atoms with Crippen molar-refractivity contribution in [1.82, 2.24) is 0 Å². The van der Waals surface area contributed by atoms with Gasteiger partial charge < -0.3 is 0 Å². The molecule has 0 aromatic carbocycles. The fourth-order valence-electron chi connectivity index (χ4n) is 0.785. The molecule has 0 fully saturated rings. The molecular formula is C7H12N4. The normalized spacial score (nSPS) is 8.27. The van der Waals surface area contributed by atoms with Crippen molar-refractivity contribution in [1.29, 1.82) is 5.26 Å². The van der Waals surface area contributed by atoms with E-state index in [4.69, 9.17) is 10.8 Å². The fourth-order valence-corrected chi connectivity index (χ4v) is 0.785. The van der Waals surface area contributed by atoms with Gasteiger partial charge in [0.05, 0.1) is 6.07 Å². The van der Waals surface area contributed by atoms with E-state index in [0.717, 1.165) is 25.7 Å². The molecule has 0 atom stereocenters. The van der Waals surface area contributed by atoms with Gasteiger partial charge in [-0.05, 0) is 18.4 Å². The Bertz CT molecular complexity index is 164. The summed E-state index contributed by atoms with van der Waals surface area (Å²) >= 11 is 0. The smallest absolute Gasteiger partial charge is 0.0621 e. The molecule has 0 N–H and O–H groups in total. The van der Waals surface area contributed by atoms with Crippen molar-refractivity contribution in [2.45, 2.75) is 32.1 Å². The summed E-state index contributed by atoms with van der Waals surface area (Å²) in [4.78, 5) is 2.64. The minimum atomic E-state index is 0.586. The van der Waals surface area contributed by atoms with Crippen LogP contribution in [0.3, 0.4) is 0 Å². The first-order valence-electron chi connectivity index (χ1n) is 3.79. The fraction of sp³-hybridized carbons (Fsp3) is 0.857. The molecule has 0 spiro atoms. The van der Waals surface area contributed by atoms with E-state index in [1.807, 2.05) is 0 Å². The zero-order valence-corrected chi connectivity index (χ0v) is 6.53. The average Bonchev–Trinajstić information content (AvgIpc) is 2.03. The summed E-state index contributed by atoms with van der Waals surface area (Å²) < 4.78 is 0. The van der Waals surface area contributed by atoms with Gasteiger partial charge in [-0.3, -0.25) is 0 Å². The third-order valence-corrected chi connectivity index (χ3v) is 1.36. The molecule has 4 heteroatoms. The maximum Gasteiger partial charge on any atom is 0.0621 e. The Hall–Kier alpha value is -1.20. The van der Waals surface area contributed by atoms with Gasteiger partial charge in [0, 0.05) is 17.9 Å². The monoisotopic (exact) mass is 152 g/mol. The van der Waals surface area contributed by atoms with E-state index in [1.165, 1.54) is 0 Å². The maximum atomic E-state index is 8.19. The van der Waals surface area contributed by atoms with E-state index < -0.39 is 0 Å². The summed E-state index contributed by atoms with van der Waals surface area (Å²) in [5, 5.41) is 11.6. The molecule has 0 bridgehead atoms. The molecule has 0 saturated carbocycles. The Kier molecular flexibility index (Phi) is 7.84. The Morgan fingerprint density at radius 1 is 1.27 bits per heavy atom. The second-order valence-electron chi connectivity index (χ2n) is 2.28. The van der Waals surface area contributed by atoms with Crippen molar-refractivity contribution in [3.05, 3.63) is 10.4 Å². The number of nitrogens with zero attached hydrogens (tertiary/aromatic N) is 4. The van der Waals surface area contributed by atoms with Crippen LogP contribution in [0.1, 0.15) is 32.1 Å². The van der Waals surface area contributed by atoms with Crippen molar-refractivity contribution in [3.63, 3.8) is 0 Å². The number of rotatable bonds is 6. The molecule has 0 heterocycles. The Balaban J connectivity index is 2.91. The highest BCUT2D eigenvalue weighted by molar-refractivity contribution is 4.67. The van der Waals surface area contributed by atoms with Gasteiger partial charge in [-0.15, -0.1) is 0 Å². The molecule has 0 radical (unpaired) electrons. The number of hydrogen-bond donors (Lipinski definition) is 0. The summed E-state index contributed by atoms with van der Waals surface area (Å²) in [6, 6.07) is 2.09. The number of nitriles is 1. The predicted octanol–water partition coefficient (Wildman–Crippen LogP) is 2.77. The van der Waals surface area contributed by atoms with Crippen LogP contribution in [0.25, 0.3) is 10.4 Å². The topological polar surface area (TPSA) is 72.5 Å². The SMILES string of the molecule is N#CCCCCCCN=[N+]=[N-]. The van der Waals surface area contributed by atoms with Gasteiger partial charge >= 0.3 is 0 Å². The third-order valence-electron chi connectivity index (χ3n) is 1.36. The predicted molar refractivity (Wildman–Crippen MR) is 42.7 cm³/mol. The van der Waals surface area contributed by atoms with Crippen molar-refractivity contribution in [3.8, 4) is 6.07 Å². The second kappa shape index (κ2) is 8.80. The lowest BCUT2D eigenvalue weighted by atomic mass is 10.1. The molecule has 11 heavy (non-hydrogen) atoms. The number of unbranched alkanes of at least 4 members (excludes halogenated alkanes) is 4. The highest BCUT2D eigenvalue weighted by Gasteiger charge is 1.87. The molecule has 0 saturated heterocycles. The standard InChI is InChI=1S/C7H12N4/c8-6-4-2-1-3-5-7-10-11-9/h1-5,7H2. The second-order valence-corrected chi connectivity index (χ2v) is 2.28. The van der Waals surface area contributed by atoms with E-state index in [2.05, 4.69) is 16.1 Å². The molecule has 0 aliphatic heterocycles. The lowest BCUT2D eigenvalue weighted by molar-refractivity contribution is 0.654. The molecule has 0 aliphatic carbocycles. The van der Waals surface area contributed by atoms with Gasteiger partial charge in [0.25, 0.3) is 0 Å². The number of azide groups is 1. The van der Waals surface area contributed by atoms with Crippen LogP contribution in [0.15, 0.2) is 5.11 Å². The molecule has 0 aromatic rings. The highest BCUT2D eigenvalue weighted by Crippen LogP contribution is 2.01. The average molecular weight is 152 g/mol. The third kappa shape index (κ3) is 8.80. The molecule has 0 unspecified atom stereocenters. The van der Waals surface area contributed by atoms with E-state index in [1.54, 1.807) is 0 Å². The first kappa shape index (κ1) is 9.80. The Morgan fingerprint density at radius 3 is 2.64 bits per heavy atom. The molecule has 0 rings (SSSR count). The van der Waals surface area contributed by atoms with Crippen molar-refractivity contribution < 1.29 is 0 Å². The van der Waals surface area contributed by atoms with Gasteiger partial charge in [0.15, 0.2) is 0 Å². The summed E-state index contributed by atoms with van der Waals surface area (Å²) in [7, 11) is 0. The van der Waals surface area contributed by atoms with Crippen molar-refractivity contribution >= 4 is 0 Å². The lowest BCUT2D eigenvalue weighted by Crippen LogP contribution is -1.80. The van der Waals surface area contributed by atoms with Crippen LogP contribution in [0.5, 0.6) is 0 Å². The van der Waals surface area contributed by atoms with Gasteiger partial charge in [0.1, 0.15) is 0 Å². The molecule has 0 amide bonds. The first-order valence-corrected chi connectivity index (χ1v) is 3.79. The zero-order chi connectivity index (χ0) is 8.36. The minimum Gasteiger partial charge on any atom is -0.198 e. The largest absolute Gasteiger partial charge is 0.198 e. The summed E-state index contributed by atoms with van der Waals surface area (Å²) in [5.74, 6) is 0. The van der Waals surface area contributed by atoms with Gasteiger partial charge in [-0.2, -0.15) is 5.26 Å². The summed E-state index contributed by atoms with van der Waals surface area (Å²) in [6.07, 6.45) is 4.67. The van der Waals surface area contributed by atoms with Crippen LogP contribution >= 0.6 is 0 Å². The summed E-state index contributed by atoms with van der Waals surface area (Å²) in [5.41, 5.74) is 7.92. The summed E-state index contributed by atoms with van der Waals surface area (Å²) in [6.45, 7) is 0.586. The number of hydrogen-bond acceptors (Lipinski definition) is 2. The molecular weight excluding hydrogens is 140 g/mol. The lowest BCUT2D eigenvalue weighted by Gasteiger charge is -1.93. The Labute approximate surface area is 66.5 Å². The van der Waals surface area contributed by atoms with Crippen molar-refractivity contribution in [2.24, 2.45) is 5.11 Å². The Morgan fingerprint density at radius 2 is 2.00 bits per heavy atom. The van der Waals surface area contributed by atoms with E-state index in [9.17, 15) is 0 Å². The van der Waals surface area contributed by atoms with Crippen LogP contribution in [-0.2, 0) is 0 Å². The van der Waals surface area contributed by atoms with Gasteiger partial charge in [0.2, 0.25) is 0 Å². The van der Waals surface area contributed by atoms with Gasteiger partial charge in [-0.25, -0.2) is 0 Å². The van der Waals surface area contributed by atoms with E-state index in [-0.39, 0.29) is 0 Å². The highest BCUT2D eigenvalue weighted by atomic mass is 15.1.